The summed E-state index contributed by atoms with van der Waals surface area (Å²) in [6.07, 6.45) is -1.75. The van der Waals surface area contributed by atoms with E-state index in [4.69, 9.17) is 0 Å². The zero-order chi connectivity index (χ0) is 18.0. The predicted octanol–water partition coefficient (Wildman–Crippen LogP) is 4.41. The number of hydrogen-bond donors (Lipinski definition) is 2. The summed E-state index contributed by atoms with van der Waals surface area (Å²) in [5.41, 5.74) is 2.67. The molecule has 0 aliphatic heterocycles. The minimum Gasteiger partial charge on any atom is -0.382 e. The summed E-state index contributed by atoms with van der Waals surface area (Å²) < 4.78 is 38.4. The molecule has 1 atom stereocenters. The fourth-order valence-corrected chi connectivity index (χ4v) is 3.01. The fraction of sp³-hybridized carbons (Fsp3) is 0.211. The third kappa shape index (κ3) is 4.02. The smallest absolute Gasteiger partial charge is 0.382 e. The molecule has 0 spiro atoms. The van der Waals surface area contributed by atoms with Crippen LogP contribution in [-0.4, -0.2) is 11.9 Å². The Morgan fingerprint density at radius 1 is 1.08 bits per heavy atom. The first-order valence-electron chi connectivity index (χ1n) is 7.84. The molecule has 25 heavy (non-hydrogen) atoms. The average molecular weight is 346 g/mol. The summed E-state index contributed by atoms with van der Waals surface area (Å²) >= 11 is 0. The zero-order valence-corrected chi connectivity index (χ0v) is 13.4. The van der Waals surface area contributed by atoms with Crippen molar-refractivity contribution in [3.05, 3.63) is 71.8 Å². The van der Waals surface area contributed by atoms with Crippen molar-refractivity contribution in [1.82, 2.24) is 0 Å². The van der Waals surface area contributed by atoms with Gasteiger partial charge in [-0.1, -0.05) is 18.7 Å². The normalized spacial score (nSPS) is 16.2. The van der Waals surface area contributed by atoms with E-state index in [1.807, 2.05) is 18.2 Å². The molecule has 1 aliphatic rings. The molecule has 3 nitrogen and oxygen atoms in total. The molecule has 0 saturated carbocycles. The van der Waals surface area contributed by atoms with E-state index >= 15 is 0 Å². The number of carbonyl (C=O) groups excluding carboxylic acids is 1. The lowest BCUT2D eigenvalue weighted by Crippen LogP contribution is -2.19. The standard InChI is InChI=1S/C19H17F3N2O/c1-2-18(25)24-16-7-6-12-8-17(10-13(12)9-16)23-15-5-3-4-14(11-15)19(20,21)22/h2-7,9,11,17,23H,1,8,10H2,(H,24,25)/t17-/m0/s1. The van der Waals surface area contributed by atoms with Crippen LogP contribution < -0.4 is 10.6 Å². The molecule has 1 aliphatic carbocycles. The predicted molar refractivity (Wildman–Crippen MR) is 91.5 cm³/mol. The highest BCUT2D eigenvalue weighted by Gasteiger charge is 2.30. The molecule has 2 aromatic rings. The van der Waals surface area contributed by atoms with Crippen LogP contribution >= 0.6 is 0 Å². The quantitative estimate of drug-likeness (QED) is 0.805. The van der Waals surface area contributed by atoms with Gasteiger partial charge in [-0.2, -0.15) is 13.2 Å². The summed E-state index contributed by atoms with van der Waals surface area (Å²) in [6.45, 7) is 3.41. The van der Waals surface area contributed by atoms with Crippen LogP contribution in [0.15, 0.2) is 55.1 Å². The van der Waals surface area contributed by atoms with Crippen LogP contribution in [-0.2, 0) is 23.8 Å². The molecule has 0 fully saturated rings. The Bertz CT molecular complexity index is 815. The molecule has 0 aromatic heterocycles. The fourth-order valence-electron chi connectivity index (χ4n) is 3.01. The van der Waals surface area contributed by atoms with Gasteiger partial charge in [-0.05, 0) is 60.4 Å². The van der Waals surface area contributed by atoms with Crippen molar-refractivity contribution in [2.24, 2.45) is 0 Å². The number of amides is 1. The van der Waals surface area contributed by atoms with Crippen LogP contribution in [0.2, 0.25) is 0 Å². The maximum atomic E-state index is 12.8. The number of benzene rings is 2. The summed E-state index contributed by atoms with van der Waals surface area (Å²) in [4.78, 5) is 11.4. The molecule has 1 amide bonds. The van der Waals surface area contributed by atoms with Gasteiger partial charge in [0.25, 0.3) is 0 Å². The molecule has 3 rings (SSSR count). The largest absolute Gasteiger partial charge is 0.416 e. The molecule has 0 unspecified atom stereocenters. The van der Waals surface area contributed by atoms with Crippen LogP contribution in [0.3, 0.4) is 0 Å². The van der Waals surface area contributed by atoms with Gasteiger partial charge in [-0.15, -0.1) is 0 Å². The van der Waals surface area contributed by atoms with Gasteiger partial charge in [0.15, 0.2) is 0 Å². The highest BCUT2D eigenvalue weighted by atomic mass is 19.4. The highest BCUT2D eigenvalue weighted by Crippen LogP contribution is 2.32. The second kappa shape index (κ2) is 6.63. The molecular formula is C19H17F3N2O. The van der Waals surface area contributed by atoms with E-state index in [0.29, 0.717) is 17.8 Å². The molecule has 6 heteroatoms. The van der Waals surface area contributed by atoms with Gasteiger partial charge in [0.05, 0.1) is 5.56 Å². The van der Waals surface area contributed by atoms with Crippen molar-refractivity contribution in [2.75, 3.05) is 10.6 Å². The van der Waals surface area contributed by atoms with Crippen molar-refractivity contribution in [3.63, 3.8) is 0 Å². The lowest BCUT2D eigenvalue weighted by Gasteiger charge is -2.15. The first-order valence-corrected chi connectivity index (χ1v) is 7.84. The first kappa shape index (κ1) is 17.1. The van der Waals surface area contributed by atoms with E-state index in [9.17, 15) is 18.0 Å². The topological polar surface area (TPSA) is 41.1 Å². The van der Waals surface area contributed by atoms with E-state index < -0.39 is 11.7 Å². The number of rotatable bonds is 4. The zero-order valence-electron chi connectivity index (χ0n) is 13.4. The average Bonchev–Trinajstić information content (AvgIpc) is 2.95. The van der Waals surface area contributed by atoms with E-state index in [0.717, 1.165) is 29.7 Å². The minimum absolute atomic E-state index is 0.0174. The Balaban J connectivity index is 1.70. The number of alkyl halides is 3. The first-order chi connectivity index (χ1) is 11.8. The Morgan fingerprint density at radius 3 is 2.56 bits per heavy atom. The van der Waals surface area contributed by atoms with Crippen LogP contribution in [0.5, 0.6) is 0 Å². The highest BCUT2D eigenvalue weighted by molar-refractivity contribution is 5.98. The van der Waals surface area contributed by atoms with Crippen molar-refractivity contribution in [2.45, 2.75) is 25.1 Å². The van der Waals surface area contributed by atoms with Crippen molar-refractivity contribution in [1.29, 1.82) is 0 Å². The van der Waals surface area contributed by atoms with Gasteiger partial charge >= 0.3 is 6.18 Å². The number of nitrogens with one attached hydrogen (secondary N) is 2. The van der Waals surface area contributed by atoms with E-state index in [1.165, 1.54) is 12.1 Å². The summed E-state index contributed by atoms with van der Waals surface area (Å²) in [5.74, 6) is -0.281. The molecule has 130 valence electrons. The Kier molecular flexibility index (Phi) is 4.53. The van der Waals surface area contributed by atoms with Crippen LogP contribution in [0.1, 0.15) is 16.7 Å². The van der Waals surface area contributed by atoms with Crippen molar-refractivity contribution < 1.29 is 18.0 Å². The maximum absolute atomic E-state index is 12.8. The molecule has 2 aromatic carbocycles. The monoisotopic (exact) mass is 346 g/mol. The number of anilines is 2. The third-order valence-corrected chi connectivity index (χ3v) is 4.15. The van der Waals surface area contributed by atoms with E-state index in [1.54, 1.807) is 6.07 Å². The van der Waals surface area contributed by atoms with Crippen LogP contribution in [0.4, 0.5) is 24.5 Å². The summed E-state index contributed by atoms with van der Waals surface area (Å²) in [5, 5.41) is 5.88. The molecule has 0 saturated heterocycles. The van der Waals surface area contributed by atoms with E-state index in [-0.39, 0.29) is 11.9 Å². The Labute approximate surface area is 143 Å². The van der Waals surface area contributed by atoms with Crippen LogP contribution in [0.25, 0.3) is 0 Å². The summed E-state index contributed by atoms with van der Waals surface area (Å²) in [6, 6.07) is 10.9. The number of fused-ring (bicyclic) bond motifs is 1. The summed E-state index contributed by atoms with van der Waals surface area (Å²) in [7, 11) is 0. The van der Waals surface area contributed by atoms with Gasteiger partial charge in [-0.25, -0.2) is 0 Å². The lowest BCUT2D eigenvalue weighted by atomic mass is 10.1. The Hall–Kier alpha value is -2.76. The lowest BCUT2D eigenvalue weighted by molar-refractivity contribution is -0.137. The number of halogens is 3. The second-order valence-corrected chi connectivity index (χ2v) is 6.00. The maximum Gasteiger partial charge on any atom is 0.416 e. The molecule has 0 radical (unpaired) electrons. The van der Waals surface area contributed by atoms with Gasteiger partial charge in [0, 0.05) is 17.4 Å². The third-order valence-electron chi connectivity index (χ3n) is 4.15. The van der Waals surface area contributed by atoms with Gasteiger partial charge < -0.3 is 10.6 Å². The molecular weight excluding hydrogens is 329 g/mol. The molecule has 0 heterocycles. The number of hydrogen-bond acceptors (Lipinski definition) is 2. The Morgan fingerprint density at radius 2 is 1.84 bits per heavy atom. The molecule has 2 N–H and O–H groups in total. The van der Waals surface area contributed by atoms with E-state index in [2.05, 4.69) is 17.2 Å². The van der Waals surface area contributed by atoms with Crippen molar-refractivity contribution in [3.8, 4) is 0 Å². The SMILES string of the molecule is C=CC(=O)Nc1ccc2c(c1)C[C@@H](Nc1cccc(C(F)(F)F)c1)C2. The van der Waals surface area contributed by atoms with Gasteiger partial charge in [0.1, 0.15) is 0 Å². The minimum atomic E-state index is -4.35. The second-order valence-electron chi connectivity index (χ2n) is 6.00. The van der Waals surface area contributed by atoms with Crippen molar-refractivity contribution >= 4 is 17.3 Å². The van der Waals surface area contributed by atoms with Gasteiger partial charge in [-0.3, -0.25) is 4.79 Å². The van der Waals surface area contributed by atoms with Crippen LogP contribution in [0, 0.1) is 0 Å². The van der Waals surface area contributed by atoms with Gasteiger partial charge in [0.2, 0.25) is 5.91 Å². The number of carbonyl (C=O) groups is 1. The molecule has 0 bridgehead atoms.